The second kappa shape index (κ2) is 8.55. The Kier molecular flexibility index (Phi) is 6.02. The summed E-state index contributed by atoms with van der Waals surface area (Å²) in [7, 11) is -3.72. The van der Waals surface area contributed by atoms with E-state index < -0.39 is 16.1 Å². The van der Waals surface area contributed by atoms with Crippen molar-refractivity contribution in [3.8, 4) is 5.75 Å². The van der Waals surface area contributed by atoms with Gasteiger partial charge < -0.3 is 15.0 Å². The average molecular weight is 436 g/mol. The minimum Gasteiger partial charge on any atom is -0.478 e. The number of ether oxygens (including phenoxy) is 1. The first kappa shape index (κ1) is 21.1. The lowest BCUT2D eigenvalue weighted by molar-refractivity contribution is -0.137. The Balaban J connectivity index is 1.43. The lowest BCUT2D eigenvalue weighted by Gasteiger charge is -2.36. The molecule has 2 amide bonds. The Morgan fingerprint density at radius 1 is 1.13 bits per heavy atom. The van der Waals surface area contributed by atoms with Crippen molar-refractivity contribution >= 4 is 27.5 Å². The van der Waals surface area contributed by atoms with Crippen molar-refractivity contribution in [3.63, 3.8) is 0 Å². The van der Waals surface area contributed by atoms with Crippen molar-refractivity contribution in [1.82, 2.24) is 9.21 Å². The van der Waals surface area contributed by atoms with Gasteiger partial charge in [0.25, 0.3) is 5.91 Å². The summed E-state index contributed by atoms with van der Waals surface area (Å²) in [6.45, 7) is 3.24. The number of sulfonamides is 1. The number of carbonyl (C=O) groups excluding carboxylic acids is 2. The zero-order chi connectivity index (χ0) is 21.3. The first-order valence-electron chi connectivity index (χ1n) is 10.8. The number of fused-ring (bicyclic) bond motifs is 1. The van der Waals surface area contributed by atoms with Crippen LogP contribution < -0.4 is 10.1 Å². The van der Waals surface area contributed by atoms with Gasteiger partial charge in [0.1, 0.15) is 5.75 Å². The molecule has 0 aromatic heterocycles. The lowest BCUT2D eigenvalue weighted by Crippen LogP contribution is -2.52. The molecular formula is C21H29N3O5S. The van der Waals surface area contributed by atoms with Gasteiger partial charge in [0.05, 0.1) is 10.6 Å². The molecule has 1 N–H and O–H groups in total. The maximum atomic E-state index is 13.1. The van der Waals surface area contributed by atoms with E-state index in [2.05, 4.69) is 5.32 Å². The summed E-state index contributed by atoms with van der Waals surface area (Å²) < 4.78 is 33.3. The van der Waals surface area contributed by atoms with Crippen molar-refractivity contribution in [2.24, 2.45) is 5.92 Å². The molecule has 2 fully saturated rings. The molecule has 2 aliphatic heterocycles. The molecular weight excluding hydrogens is 406 g/mol. The highest BCUT2D eigenvalue weighted by Crippen LogP contribution is 2.33. The van der Waals surface area contributed by atoms with E-state index in [1.165, 1.54) is 22.9 Å². The van der Waals surface area contributed by atoms with E-state index in [9.17, 15) is 18.0 Å². The van der Waals surface area contributed by atoms with Crippen molar-refractivity contribution < 1.29 is 22.7 Å². The summed E-state index contributed by atoms with van der Waals surface area (Å²) in [5, 5.41) is 2.73. The van der Waals surface area contributed by atoms with Crippen LogP contribution in [-0.2, 0) is 19.6 Å². The van der Waals surface area contributed by atoms with Gasteiger partial charge in [-0.1, -0.05) is 26.2 Å². The van der Waals surface area contributed by atoms with Crippen molar-refractivity contribution in [1.29, 1.82) is 0 Å². The van der Waals surface area contributed by atoms with E-state index in [1.807, 2.05) is 11.8 Å². The molecule has 1 aromatic carbocycles. The van der Waals surface area contributed by atoms with E-state index in [1.54, 1.807) is 6.07 Å². The fourth-order valence-corrected chi connectivity index (χ4v) is 5.91. The summed E-state index contributed by atoms with van der Waals surface area (Å²) in [4.78, 5) is 26.7. The van der Waals surface area contributed by atoms with Gasteiger partial charge in [-0.05, 0) is 37.5 Å². The van der Waals surface area contributed by atoms with Gasteiger partial charge in [-0.25, -0.2) is 8.42 Å². The predicted octanol–water partition coefficient (Wildman–Crippen LogP) is 2.21. The molecule has 2 heterocycles. The maximum Gasteiger partial charge on any atom is 0.265 e. The number of rotatable bonds is 4. The number of piperazine rings is 1. The highest BCUT2D eigenvalue weighted by Gasteiger charge is 2.34. The number of nitrogens with zero attached hydrogens (tertiary/aromatic N) is 2. The summed E-state index contributed by atoms with van der Waals surface area (Å²) in [5.41, 5.74) is 0.372. The van der Waals surface area contributed by atoms with Crippen LogP contribution >= 0.6 is 0 Å². The van der Waals surface area contributed by atoms with E-state index in [0.29, 0.717) is 30.9 Å². The van der Waals surface area contributed by atoms with Gasteiger partial charge in [-0.3, -0.25) is 9.59 Å². The minimum absolute atomic E-state index is 0.0955. The van der Waals surface area contributed by atoms with Crippen molar-refractivity contribution in [2.75, 3.05) is 31.5 Å². The lowest BCUT2D eigenvalue weighted by atomic mass is 9.88. The van der Waals surface area contributed by atoms with Crippen LogP contribution in [0.1, 0.15) is 45.4 Å². The van der Waals surface area contributed by atoms with E-state index in [4.69, 9.17) is 4.74 Å². The van der Waals surface area contributed by atoms with Crippen LogP contribution in [0.25, 0.3) is 0 Å². The summed E-state index contributed by atoms with van der Waals surface area (Å²) in [6, 6.07) is 4.55. The molecule has 30 heavy (non-hydrogen) atoms. The van der Waals surface area contributed by atoms with Crippen LogP contribution in [0.3, 0.4) is 0 Å². The number of carbonyl (C=O) groups is 2. The molecule has 0 radical (unpaired) electrons. The van der Waals surface area contributed by atoms with Gasteiger partial charge in [0, 0.05) is 32.1 Å². The summed E-state index contributed by atoms with van der Waals surface area (Å²) >= 11 is 0. The monoisotopic (exact) mass is 435 g/mol. The van der Waals surface area contributed by atoms with Crippen molar-refractivity contribution in [2.45, 2.75) is 56.4 Å². The number of anilines is 1. The van der Waals surface area contributed by atoms with Crippen LogP contribution in [-0.4, -0.2) is 61.7 Å². The topological polar surface area (TPSA) is 96.0 Å². The molecule has 0 spiro atoms. The van der Waals surface area contributed by atoms with Gasteiger partial charge in [-0.2, -0.15) is 4.31 Å². The number of amides is 2. The van der Waals surface area contributed by atoms with Crippen LogP contribution in [0.5, 0.6) is 5.75 Å². The fraction of sp³-hybridized carbons (Fsp3) is 0.619. The molecule has 164 valence electrons. The van der Waals surface area contributed by atoms with Gasteiger partial charge in [0.2, 0.25) is 15.9 Å². The Labute approximate surface area is 177 Å². The molecule has 1 aliphatic carbocycles. The highest BCUT2D eigenvalue weighted by atomic mass is 32.2. The molecule has 1 atom stereocenters. The number of benzene rings is 1. The van der Waals surface area contributed by atoms with E-state index in [-0.39, 0.29) is 35.7 Å². The molecule has 0 bridgehead atoms. The molecule has 1 saturated carbocycles. The Hall–Kier alpha value is -2.13. The van der Waals surface area contributed by atoms with Gasteiger partial charge in [0.15, 0.2) is 6.10 Å². The van der Waals surface area contributed by atoms with Crippen LogP contribution in [0.15, 0.2) is 23.1 Å². The van der Waals surface area contributed by atoms with Gasteiger partial charge >= 0.3 is 0 Å². The molecule has 1 aromatic rings. The number of hydrogen-bond acceptors (Lipinski definition) is 5. The smallest absolute Gasteiger partial charge is 0.265 e. The molecule has 3 aliphatic rings. The third-order valence-corrected chi connectivity index (χ3v) is 8.18. The quantitative estimate of drug-likeness (QED) is 0.782. The Morgan fingerprint density at radius 3 is 2.50 bits per heavy atom. The molecule has 1 saturated heterocycles. The highest BCUT2D eigenvalue weighted by molar-refractivity contribution is 7.89. The third kappa shape index (κ3) is 4.05. The number of hydrogen-bond donors (Lipinski definition) is 1. The average Bonchev–Trinajstić information content (AvgIpc) is 2.78. The molecule has 4 rings (SSSR count). The Morgan fingerprint density at radius 2 is 1.83 bits per heavy atom. The molecule has 9 heteroatoms. The standard InChI is InChI=1S/C21H29N3O5S/c1-2-18-20(25)22-17-14-16(8-9-19(17)29-18)30(27,28)24-12-10-23(11-13-24)21(26)15-6-4-3-5-7-15/h8-9,14-15,18H,2-7,10-13H2,1H3,(H,22,25). The van der Waals surface area contributed by atoms with E-state index >= 15 is 0 Å². The van der Waals surface area contributed by atoms with Crippen LogP contribution in [0, 0.1) is 5.92 Å². The van der Waals surface area contributed by atoms with E-state index in [0.717, 1.165) is 25.7 Å². The summed E-state index contributed by atoms with van der Waals surface area (Å²) in [5.74, 6) is 0.474. The maximum absolute atomic E-state index is 13.1. The second-order valence-electron chi connectivity index (χ2n) is 8.23. The summed E-state index contributed by atoms with van der Waals surface area (Å²) in [6.07, 6.45) is 5.26. The first-order chi connectivity index (χ1) is 14.4. The van der Waals surface area contributed by atoms with Gasteiger partial charge in [-0.15, -0.1) is 0 Å². The Bertz CT molecular complexity index is 919. The number of nitrogens with one attached hydrogen (secondary N) is 1. The third-order valence-electron chi connectivity index (χ3n) is 6.28. The zero-order valence-corrected chi connectivity index (χ0v) is 18.1. The second-order valence-corrected chi connectivity index (χ2v) is 10.2. The first-order valence-corrected chi connectivity index (χ1v) is 12.2. The SMILES string of the molecule is CCC1Oc2ccc(S(=O)(=O)N3CCN(C(=O)C4CCCCC4)CC3)cc2NC1=O. The minimum atomic E-state index is -3.72. The fourth-order valence-electron chi connectivity index (χ4n) is 4.46. The van der Waals surface area contributed by atoms with Crippen LogP contribution in [0.2, 0.25) is 0 Å². The predicted molar refractivity (Wildman–Crippen MR) is 112 cm³/mol. The molecule has 1 unspecified atom stereocenters. The largest absolute Gasteiger partial charge is 0.478 e. The van der Waals surface area contributed by atoms with Crippen LogP contribution in [0.4, 0.5) is 5.69 Å². The normalized spacial score (nSPS) is 23.4. The molecule has 8 nitrogen and oxygen atoms in total. The zero-order valence-electron chi connectivity index (χ0n) is 17.3. The van der Waals surface area contributed by atoms with Crippen molar-refractivity contribution in [3.05, 3.63) is 18.2 Å².